The first-order chi connectivity index (χ1) is 7.08. The number of amides is 1. The molecule has 0 spiro atoms. The number of thiocarbonyl (C=S) groups is 1. The highest BCUT2D eigenvalue weighted by molar-refractivity contribution is 7.80. The Balaban J connectivity index is 2.44. The van der Waals surface area contributed by atoms with Crippen LogP contribution in [0.4, 0.5) is 0 Å². The van der Waals surface area contributed by atoms with E-state index in [1.807, 2.05) is 31.2 Å². The highest BCUT2D eigenvalue weighted by Gasteiger charge is 2.02. The van der Waals surface area contributed by atoms with Gasteiger partial charge in [-0.2, -0.15) is 0 Å². The van der Waals surface area contributed by atoms with Crippen molar-refractivity contribution in [1.29, 1.82) is 0 Å². The molecule has 1 rings (SSSR count). The van der Waals surface area contributed by atoms with Crippen molar-refractivity contribution in [2.45, 2.75) is 13.3 Å². The summed E-state index contributed by atoms with van der Waals surface area (Å²) in [5.41, 5.74) is 7.44. The lowest BCUT2D eigenvalue weighted by atomic mass is 10.1. The van der Waals surface area contributed by atoms with Gasteiger partial charge in [0.25, 0.3) is 0 Å². The van der Waals surface area contributed by atoms with E-state index in [1.165, 1.54) is 5.56 Å². The van der Waals surface area contributed by atoms with E-state index in [2.05, 4.69) is 17.5 Å². The van der Waals surface area contributed by atoms with Crippen LogP contribution in [0.15, 0.2) is 24.3 Å². The quantitative estimate of drug-likeness (QED) is 0.745. The Kier molecular flexibility index (Phi) is 4.24. The van der Waals surface area contributed by atoms with Gasteiger partial charge in [-0.1, -0.05) is 42.0 Å². The van der Waals surface area contributed by atoms with E-state index in [4.69, 9.17) is 5.73 Å². The minimum Gasteiger partial charge on any atom is -0.392 e. The molecule has 3 N–H and O–H groups in total. The number of aryl methyl sites for hydroxylation is 1. The van der Waals surface area contributed by atoms with E-state index in [0.717, 1.165) is 5.56 Å². The van der Waals surface area contributed by atoms with Gasteiger partial charge in [-0.3, -0.25) is 4.79 Å². The maximum Gasteiger partial charge on any atom is 0.224 e. The smallest absolute Gasteiger partial charge is 0.224 e. The third-order valence-electron chi connectivity index (χ3n) is 1.95. The zero-order valence-corrected chi connectivity index (χ0v) is 9.43. The predicted molar refractivity (Wildman–Crippen MR) is 64.7 cm³/mol. The molecule has 1 amide bonds. The van der Waals surface area contributed by atoms with Gasteiger partial charge < -0.3 is 11.1 Å². The molecule has 0 saturated carbocycles. The number of carbonyl (C=O) groups excluding carboxylic acids is 1. The fourth-order valence-corrected chi connectivity index (χ4v) is 1.21. The van der Waals surface area contributed by atoms with Crippen molar-refractivity contribution >= 4 is 23.1 Å². The lowest BCUT2D eigenvalue weighted by molar-refractivity contribution is -0.120. The topological polar surface area (TPSA) is 55.1 Å². The molecule has 0 aromatic heterocycles. The summed E-state index contributed by atoms with van der Waals surface area (Å²) in [5, 5.41) is 2.64. The van der Waals surface area contributed by atoms with Gasteiger partial charge in [0, 0.05) is 0 Å². The second-order valence-electron chi connectivity index (χ2n) is 3.41. The Labute approximate surface area is 94.7 Å². The van der Waals surface area contributed by atoms with Gasteiger partial charge in [0.05, 0.1) is 18.0 Å². The number of hydrogen-bond donors (Lipinski definition) is 2. The van der Waals surface area contributed by atoms with E-state index in [-0.39, 0.29) is 12.5 Å². The molecule has 0 aliphatic carbocycles. The molecular weight excluding hydrogens is 208 g/mol. The van der Waals surface area contributed by atoms with E-state index in [0.29, 0.717) is 11.4 Å². The summed E-state index contributed by atoms with van der Waals surface area (Å²) < 4.78 is 0. The predicted octanol–water partition coefficient (Wildman–Crippen LogP) is 0.940. The second kappa shape index (κ2) is 5.46. The van der Waals surface area contributed by atoms with Crippen molar-refractivity contribution in [2.24, 2.45) is 5.73 Å². The Hall–Kier alpha value is -1.42. The monoisotopic (exact) mass is 222 g/mol. The van der Waals surface area contributed by atoms with Crippen LogP contribution in [0.5, 0.6) is 0 Å². The summed E-state index contributed by atoms with van der Waals surface area (Å²) in [4.78, 5) is 11.7. The summed E-state index contributed by atoms with van der Waals surface area (Å²) in [5.74, 6) is -0.0633. The maximum absolute atomic E-state index is 11.4. The summed E-state index contributed by atoms with van der Waals surface area (Å²) in [6, 6.07) is 7.84. The van der Waals surface area contributed by atoms with Crippen molar-refractivity contribution in [3.8, 4) is 0 Å². The summed E-state index contributed by atoms with van der Waals surface area (Å²) in [7, 11) is 0. The molecule has 0 radical (unpaired) electrons. The summed E-state index contributed by atoms with van der Waals surface area (Å²) in [6.45, 7) is 2.27. The average molecular weight is 222 g/mol. The first kappa shape index (κ1) is 11.7. The number of rotatable bonds is 4. The molecule has 1 aromatic rings. The van der Waals surface area contributed by atoms with Gasteiger partial charge in [0.1, 0.15) is 0 Å². The fraction of sp³-hybridized carbons (Fsp3) is 0.273. The molecule has 0 bridgehead atoms. The number of nitrogens with two attached hydrogens (primary N) is 1. The lowest BCUT2D eigenvalue weighted by Gasteiger charge is -2.04. The first-order valence-electron chi connectivity index (χ1n) is 4.68. The Morgan fingerprint density at radius 2 is 2.00 bits per heavy atom. The van der Waals surface area contributed by atoms with Crippen LogP contribution >= 0.6 is 12.2 Å². The number of benzene rings is 1. The zero-order valence-electron chi connectivity index (χ0n) is 8.62. The number of carbonyl (C=O) groups is 1. The number of nitrogens with one attached hydrogen (secondary N) is 1. The van der Waals surface area contributed by atoms with Crippen LogP contribution in [-0.4, -0.2) is 17.4 Å². The van der Waals surface area contributed by atoms with Crippen LogP contribution in [-0.2, 0) is 11.2 Å². The van der Waals surface area contributed by atoms with Gasteiger partial charge in [-0.25, -0.2) is 0 Å². The minimum atomic E-state index is -0.0633. The van der Waals surface area contributed by atoms with Crippen molar-refractivity contribution in [1.82, 2.24) is 5.32 Å². The molecule has 0 aliphatic heterocycles. The van der Waals surface area contributed by atoms with E-state index in [9.17, 15) is 4.79 Å². The molecule has 0 unspecified atom stereocenters. The Bertz CT molecular complexity index is 359. The average Bonchev–Trinajstić information content (AvgIpc) is 2.19. The van der Waals surface area contributed by atoms with Crippen LogP contribution in [0, 0.1) is 6.92 Å². The molecule has 0 heterocycles. The molecule has 4 heteroatoms. The fourth-order valence-electron chi connectivity index (χ4n) is 1.14. The molecule has 15 heavy (non-hydrogen) atoms. The summed E-state index contributed by atoms with van der Waals surface area (Å²) >= 11 is 4.66. The third kappa shape index (κ3) is 4.56. The van der Waals surface area contributed by atoms with Gasteiger partial charge >= 0.3 is 0 Å². The molecule has 0 fully saturated rings. The molecule has 0 atom stereocenters. The van der Waals surface area contributed by atoms with E-state index in [1.54, 1.807) is 0 Å². The molecule has 0 aliphatic rings. The van der Waals surface area contributed by atoms with Gasteiger partial charge in [-0.05, 0) is 12.5 Å². The van der Waals surface area contributed by atoms with Crippen molar-refractivity contribution in [3.63, 3.8) is 0 Å². The van der Waals surface area contributed by atoms with Gasteiger partial charge in [-0.15, -0.1) is 0 Å². The SMILES string of the molecule is Cc1ccc(CC(=O)NCC(N)=S)cc1. The highest BCUT2D eigenvalue weighted by Crippen LogP contribution is 2.03. The second-order valence-corrected chi connectivity index (χ2v) is 3.93. The molecule has 0 saturated heterocycles. The lowest BCUT2D eigenvalue weighted by Crippen LogP contribution is -2.33. The number of hydrogen-bond acceptors (Lipinski definition) is 2. The first-order valence-corrected chi connectivity index (χ1v) is 5.09. The van der Waals surface area contributed by atoms with Crippen molar-refractivity contribution in [2.75, 3.05) is 6.54 Å². The Morgan fingerprint density at radius 3 is 2.53 bits per heavy atom. The largest absolute Gasteiger partial charge is 0.392 e. The molecule has 3 nitrogen and oxygen atoms in total. The standard InChI is InChI=1S/C11H14N2OS/c1-8-2-4-9(5-3-8)6-11(14)13-7-10(12)15/h2-5H,6-7H2,1H3,(H2,12,15)(H,13,14). The zero-order chi connectivity index (χ0) is 11.3. The van der Waals surface area contributed by atoms with Crippen molar-refractivity contribution in [3.05, 3.63) is 35.4 Å². The van der Waals surface area contributed by atoms with Crippen molar-refractivity contribution < 1.29 is 4.79 Å². The minimum absolute atomic E-state index is 0.0633. The van der Waals surface area contributed by atoms with Crippen LogP contribution in [0.2, 0.25) is 0 Å². The van der Waals surface area contributed by atoms with Crippen LogP contribution < -0.4 is 11.1 Å². The third-order valence-corrected chi connectivity index (χ3v) is 2.09. The van der Waals surface area contributed by atoms with Crippen LogP contribution in [0.25, 0.3) is 0 Å². The molecular formula is C11H14N2OS. The van der Waals surface area contributed by atoms with E-state index >= 15 is 0 Å². The van der Waals surface area contributed by atoms with Crippen LogP contribution in [0.1, 0.15) is 11.1 Å². The van der Waals surface area contributed by atoms with Crippen LogP contribution in [0.3, 0.4) is 0 Å². The van der Waals surface area contributed by atoms with E-state index < -0.39 is 0 Å². The maximum atomic E-state index is 11.4. The highest BCUT2D eigenvalue weighted by atomic mass is 32.1. The normalized spacial score (nSPS) is 9.67. The Morgan fingerprint density at radius 1 is 1.40 bits per heavy atom. The van der Waals surface area contributed by atoms with Gasteiger partial charge in [0.2, 0.25) is 5.91 Å². The summed E-state index contributed by atoms with van der Waals surface area (Å²) in [6.07, 6.45) is 0.364. The molecule has 80 valence electrons. The van der Waals surface area contributed by atoms with Gasteiger partial charge in [0.15, 0.2) is 0 Å². The molecule has 1 aromatic carbocycles.